The van der Waals surface area contributed by atoms with Crippen LogP contribution >= 0.6 is 15.9 Å². The molecule has 0 spiro atoms. The number of benzene rings is 1. The number of hydrogen-bond donors (Lipinski definition) is 0. The number of rotatable bonds is 5. The van der Waals surface area contributed by atoms with Gasteiger partial charge in [0.05, 0.1) is 20.9 Å². The van der Waals surface area contributed by atoms with Gasteiger partial charge in [0.1, 0.15) is 0 Å². The van der Waals surface area contributed by atoms with Crippen LogP contribution in [0, 0.1) is 0 Å². The Bertz CT molecular complexity index is 329. The van der Waals surface area contributed by atoms with E-state index in [-0.39, 0.29) is 6.67 Å². The SMILES string of the molecule is COc1cc(Br)cc(CCCF)c1OC. The maximum absolute atomic E-state index is 12.1. The highest BCUT2D eigenvalue weighted by atomic mass is 79.9. The van der Waals surface area contributed by atoms with Crippen LogP contribution in [0.3, 0.4) is 0 Å². The maximum Gasteiger partial charge on any atom is 0.163 e. The Morgan fingerprint density at radius 1 is 1.27 bits per heavy atom. The monoisotopic (exact) mass is 276 g/mol. The molecular weight excluding hydrogens is 263 g/mol. The first-order valence-electron chi connectivity index (χ1n) is 4.69. The number of methoxy groups -OCH3 is 2. The zero-order chi connectivity index (χ0) is 11.3. The van der Waals surface area contributed by atoms with Gasteiger partial charge < -0.3 is 9.47 Å². The fourth-order valence-electron chi connectivity index (χ4n) is 1.45. The van der Waals surface area contributed by atoms with E-state index < -0.39 is 0 Å². The zero-order valence-electron chi connectivity index (χ0n) is 8.85. The third kappa shape index (κ3) is 3.09. The van der Waals surface area contributed by atoms with Gasteiger partial charge in [0.25, 0.3) is 0 Å². The summed E-state index contributed by atoms with van der Waals surface area (Å²) in [6.07, 6.45) is 1.14. The van der Waals surface area contributed by atoms with Gasteiger partial charge in [-0.1, -0.05) is 15.9 Å². The number of aryl methyl sites for hydroxylation is 1. The average molecular weight is 277 g/mol. The van der Waals surface area contributed by atoms with Crippen molar-refractivity contribution in [2.24, 2.45) is 0 Å². The lowest BCUT2D eigenvalue weighted by atomic mass is 10.1. The average Bonchev–Trinajstić information content (AvgIpc) is 2.25. The molecule has 0 aromatic heterocycles. The Labute approximate surface area is 97.5 Å². The fourth-order valence-corrected chi connectivity index (χ4v) is 1.93. The molecule has 0 aliphatic rings. The number of halogens is 2. The second-order valence-corrected chi connectivity index (χ2v) is 4.01. The quantitative estimate of drug-likeness (QED) is 0.821. The Hall–Kier alpha value is -0.770. The molecule has 1 rings (SSSR count). The molecular formula is C11H14BrFO2. The molecule has 0 N–H and O–H groups in total. The van der Waals surface area contributed by atoms with Crippen LogP contribution in [0.15, 0.2) is 16.6 Å². The fraction of sp³-hybridized carbons (Fsp3) is 0.455. The summed E-state index contributed by atoms with van der Waals surface area (Å²) in [5, 5.41) is 0. The molecule has 1 aromatic carbocycles. The van der Waals surface area contributed by atoms with Gasteiger partial charge in [0, 0.05) is 4.47 Å². The van der Waals surface area contributed by atoms with Crippen molar-refractivity contribution < 1.29 is 13.9 Å². The first-order chi connectivity index (χ1) is 7.22. The second-order valence-electron chi connectivity index (χ2n) is 3.09. The van der Waals surface area contributed by atoms with E-state index in [1.165, 1.54) is 0 Å². The van der Waals surface area contributed by atoms with E-state index in [0.29, 0.717) is 24.3 Å². The first kappa shape index (κ1) is 12.3. The molecule has 0 radical (unpaired) electrons. The van der Waals surface area contributed by atoms with Crippen LogP contribution in [-0.2, 0) is 6.42 Å². The molecule has 0 unspecified atom stereocenters. The van der Waals surface area contributed by atoms with Crippen LogP contribution in [0.25, 0.3) is 0 Å². The number of hydrogen-bond acceptors (Lipinski definition) is 2. The van der Waals surface area contributed by atoms with Gasteiger partial charge in [-0.25, -0.2) is 0 Å². The van der Waals surface area contributed by atoms with E-state index in [9.17, 15) is 4.39 Å². The van der Waals surface area contributed by atoms with Gasteiger partial charge in [-0.05, 0) is 30.5 Å². The van der Waals surface area contributed by atoms with Crippen LogP contribution in [0.5, 0.6) is 11.5 Å². The molecule has 2 nitrogen and oxygen atoms in total. The third-order valence-electron chi connectivity index (χ3n) is 2.10. The van der Waals surface area contributed by atoms with Crippen LogP contribution in [0.1, 0.15) is 12.0 Å². The molecule has 0 fully saturated rings. The molecule has 0 heterocycles. The lowest BCUT2D eigenvalue weighted by Gasteiger charge is -2.12. The molecule has 0 amide bonds. The largest absolute Gasteiger partial charge is 0.493 e. The standard InChI is InChI=1S/C11H14BrFO2/c1-14-10-7-9(12)6-8(4-3-5-13)11(10)15-2/h6-7H,3-5H2,1-2H3. The molecule has 0 aliphatic carbocycles. The van der Waals surface area contributed by atoms with Gasteiger partial charge in [-0.3, -0.25) is 4.39 Å². The van der Waals surface area contributed by atoms with Crippen LogP contribution in [0.2, 0.25) is 0 Å². The summed E-state index contributed by atoms with van der Waals surface area (Å²) >= 11 is 3.38. The van der Waals surface area contributed by atoms with Crippen LogP contribution in [-0.4, -0.2) is 20.9 Å². The molecule has 0 saturated heterocycles. The highest BCUT2D eigenvalue weighted by molar-refractivity contribution is 9.10. The van der Waals surface area contributed by atoms with Crippen molar-refractivity contribution in [1.29, 1.82) is 0 Å². The molecule has 4 heteroatoms. The summed E-state index contributed by atoms with van der Waals surface area (Å²) in [6, 6.07) is 3.76. The van der Waals surface area contributed by atoms with E-state index >= 15 is 0 Å². The third-order valence-corrected chi connectivity index (χ3v) is 2.56. The number of alkyl halides is 1. The molecule has 0 bridgehead atoms. The maximum atomic E-state index is 12.1. The van der Waals surface area contributed by atoms with Crippen molar-refractivity contribution in [2.45, 2.75) is 12.8 Å². The van der Waals surface area contributed by atoms with E-state index in [2.05, 4.69) is 15.9 Å². The summed E-state index contributed by atoms with van der Waals surface area (Å²) in [6.45, 7) is -0.321. The van der Waals surface area contributed by atoms with Crippen molar-refractivity contribution >= 4 is 15.9 Å². The van der Waals surface area contributed by atoms with Crippen molar-refractivity contribution in [2.75, 3.05) is 20.9 Å². The summed E-state index contributed by atoms with van der Waals surface area (Å²) in [4.78, 5) is 0. The number of ether oxygens (including phenoxy) is 2. The minimum Gasteiger partial charge on any atom is -0.493 e. The molecule has 0 atom stereocenters. The predicted octanol–water partition coefficient (Wildman–Crippen LogP) is 3.37. The Balaban J connectivity index is 3.05. The van der Waals surface area contributed by atoms with Crippen LogP contribution in [0.4, 0.5) is 4.39 Å². The van der Waals surface area contributed by atoms with E-state index in [0.717, 1.165) is 10.0 Å². The van der Waals surface area contributed by atoms with E-state index in [1.54, 1.807) is 14.2 Å². The minimum absolute atomic E-state index is 0.321. The zero-order valence-corrected chi connectivity index (χ0v) is 10.4. The van der Waals surface area contributed by atoms with Crippen molar-refractivity contribution in [1.82, 2.24) is 0 Å². The Morgan fingerprint density at radius 2 is 2.00 bits per heavy atom. The Kier molecular flexibility index (Phi) is 4.88. The van der Waals surface area contributed by atoms with Crippen molar-refractivity contribution in [3.05, 3.63) is 22.2 Å². The second kappa shape index (κ2) is 5.95. The lowest BCUT2D eigenvalue weighted by Crippen LogP contribution is -1.97. The first-order valence-corrected chi connectivity index (χ1v) is 5.48. The summed E-state index contributed by atoms with van der Waals surface area (Å²) in [5.41, 5.74) is 0.960. The summed E-state index contributed by atoms with van der Waals surface area (Å²) in [5.74, 6) is 1.36. The van der Waals surface area contributed by atoms with Gasteiger partial charge in [-0.15, -0.1) is 0 Å². The van der Waals surface area contributed by atoms with Crippen LogP contribution < -0.4 is 9.47 Å². The Morgan fingerprint density at radius 3 is 2.53 bits per heavy atom. The topological polar surface area (TPSA) is 18.5 Å². The molecule has 1 aromatic rings. The normalized spacial score (nSPS) is 10.1. The van der Waals surface area contributed by atoms with Gasteiger partial charge >= 0.3 is 0 Å². The van der Waals surface area contributed by atoms with Crippen molar-refractivity contribution in [3.63, 3.8) is 0 Å². The van der Waals surface area contributed by atoms with Gasteiger partial charge in [0.15, 0.2) is 11.5 Å². The highest BCUT2D eigenvalue weighted by Crippen LogP contribution is 2.35. The minimum atomic E-state index is -0.321. The van der Waals surface area contributed by atoms with Gasteiger partial charge in [-0.2, -0.15) is 0 Å². The van der Waals surface area contributed by atoms with Crippen molar-refractivity contribution in [3.8, 4) is 11.5 Å². The van der Waals surface area contributed by atoms with E-state index in [1.807, 2.05) is 12.1 Å². The highest BCUT2D eigenvalue weighted by Gasteiger charge is 2.11. The van der Waals surface area contributed by atoms with Gasteiger partial charge in [0.2, 0.25) is 0 Å². The lowest BCUT2D eigenvalue weighted by molar-refractivity contribution is 0.350. The summed E-state index contributed by atoms with van der Waals surface area (Å²) in [7, 11) is 3.17. The summed E-state index contributed by atoms with van der Waals surface area (Å²) < 4.78 is 23.5. The molecule has 84 valence electrons. The van der Waals surface area contributed by atoms with E-state index in [4.69, 9.17) is 9.47 Å². The molecule has 15 heavy (non-hydrogen) atoms. The molecule has 0 saturated carbocycles. The smallest absolute Gasteiger partial charge is 0.163 e. The molecule has 0 aliphatic heterocycles. The predicted molar refractivity (Wildman–Crippen MR) is 61.5 cm³/mol.